The van der Waals surface area contributed by atoms with Crippen LogP contribution in [0.15, 0.2) is 18.2 Å². The van der Waals surface area contributed by atoms with Gasteiger partial charge in [-0.2, -0.15) is 0 Å². The molecule has 1 aliphatic rings. The zero-order valence-electron chi connectivity index (χ0n) is 8.58. The van der Waals surface area contributed by atoms with Crippen molar-refractivity contribution in [3.05, 3.63) is 23.2 Å². The van der Waals surface area contributed by atoms with Crippen molar-refractivity contribution in [2.45, 2.75) is 25.7 Å². The van der Waals surface area contributed by atoms with E-state index < -0.39 is 0 Å². The molecule has 0 heterocycles. The maximum absolute atomic E-state index is 9.38. The van der Waals surface area contributed by atoms with Crippen molar-refractivity contribution in [1.29, 1.82) is 0 Å². The molecule has 82 valence electrons. The maximum atomic E-state index is 9.38. The lowest BCUT2D eigenvalue weighted by molar-refractivity contribution is 0.251. The van der Waals surface area contributed by atoms with Crippen molar-refractivity contribution in [2.75, 3.05) is 6.61 Å². The fraction of sp³-hybridized carbons (Fsp3) is 0.500. The van der Waals surface area contributed by atoms with Crippen LogP contribution in [0.2, 0.25) is 5.02 Å². The third-order valence-corrected chi connectivity index (χ3v) is 3.20. The largest absolute Gasteiger partial charge is 0.506 e. The first-order valence-electron chi connectivity index (χ1n) is 5.37. The molecule has 0 amide bonds. The minimum Gasteiger partial charge on any atom is -0.506 e. The van der Waals surface area contributed by atoms with Crippen LogP contribution in [0, 0.1) is 5.92 Å². The number of ether oxygens (including phenoxy) is 1. The molecular formula is C12H15ClO2. The number of phenolic OH excluding ortho intramolecular Hbond substituents is 1. The molecule has 3 heteroatoms. The highest BCUT2D eigenvalue weighted by Gasteiger charge is 2.15. The van der Waals surface area contributed by atoms with Crippen LogP contribution in [0.4, 0.5) is 0 Å². The predicted octanol–water partition coefficient (Wildman–Crippen LogP) is 3.61. The van der Waals surface area contributed by atoms with Gasteiger partial charge >= 0.3 is 0 Å². The number of halogens is 1. The number of hydrogen-bond donors (Lipinski definition) is 1. The Balaban J connectivity index is 1.90. The average molecular weight is 227 g/mol. The van der Waals surface area contributed by atoms with Crippen LogP contribution < -0.4 is 4.74 Å². The number of hydrogen-bond acceptors (Lipinski definition) is 2. The number of phenols is 1. The second-order valence-electron chi connectivity index (χ2n) is 4.07. The van der Waals surface area contributed by atoms with Crippen molar-refractivity contribution < 1.29 is 9.84 Å². The molecule has 0 unspecified atom stereocenters. The maximum Gasteiger partial charge on any atom is 0.137 e. The lowest BCUT2D eigenvalue weighted by Gasteiger charge is -2.11. The normalized spacial score (nSPS) is 16.9. The molecule has 2 rings (SSSR count). The highest BCUT2D eigenvalue weighted by atomic mass is 35.5. The van der Waals surface area contributed by atoms with E-state index in [1.807, 2.05) is 0 Å². The molecule has 15 heavy (non-hydrogen) atoms. The molecule has 0 saturated heterocycles. The van der Waals surface area contributed by atoms with Gasteiger partial charge in [0.15, 0.2) is 0 Å². The van der Waals surface area contributed by atoms with Crippen molar-refractivity contribution in [1.82, 2.24) is 0 Å². The van der Waals surface area contributed by atoms with E-state index in [-0.39, 0.29) is 5.75 Å². The van der Waals surface area contributed by atoms with Gasteiger partial charge in [-0.25, -0.2) is 0 Å². The van der Waals surface area contributed by atoms with E-state index in [1.54, 1.807) is 18.2 Å². The summed E-state index contributed by atoms with van der Waals surface area (Å²) in [6.45, 7) is 0.751. The minimum absolute atomic E-state index is 0.0839. The van der Waals surface area contributed by atoms with Gasteiger partial charge in [-0.15, -0.1) is 0 Å². The Kier molecular flexibility index (Phi) is 3.37. The summed E-state index contributed by atoms with van der Waals surface area (Å²) in [5, 5.41) is 9.74. The fourth-order valence-corrected chi connectivity index (χ4v) is 2.09. The Labute approximate surface area is 94.8 Å². The van der Waals surface area contributed by atoms with E-state index in [0.29, 0.717) is 16.7 Å². The van der Waals surface area contributed by atoms with E-state index in [9.17, 15) is 5.11 Å². The summed E-state index contributed by atoms with van der Waals surface area (Å²) >= 11 is 5.70. The van der Waals surface area contributed by atoms with Crippen LogP contribution in [0.25, 0.3) is 0 Å². The monoisotopic (exact) mass is 226 g/mol. The minimum atomic E-state index is 0.0839. The molecule has 2 nitrogen and oxygen atoms in total. The Morgan fingerprint density at radius 1 is 1.33 bits per heavy atom. The van der Waals surface area contributed by atoms with Gasteiger partial charge in [-0.1, -0.05) is 24.4 Å². The summed E-state index contributed by atoms with van der Waals surface area (Å²) < 4.78 is 5.61. The van der Waals surface area contributed by atoms with Crippen LogP contribution in [0.3, 0.4) is 0 Å². The van der Waals surface area contributed by atoms with Gasteiger partial charge in [-0.3, -0.25) is 0 Å². The third kappa shape index (κ3) is 2.78. The first-order valence-corrected chi connectivity index (χ1v) is 5.75. The van der Waals surface area contributed by atoms with Crippen molar-refractivity contribution in [3.8, 4) is 11.5 Å². The molecule has 1 N–H and O–H groups in total. The highest BCUT2D eigenvalue weighted by molar-refractivity contribution is 6.32. The average Bonchev–Trinajstić information content (AvgIpc) is 2.73. The lowest BCUT2D eigenvalue weighted by Crippen LogP contribution is -2.07. The van der Waals surface area contributed by atoms with Gasteiger partial charge in [0.2, 0.25) is 0 Å². The van der Waals surface area contributed by atoms with Crippen LogP contribution in [0.1, 0.15) is 25.7 Å². The standard InChI is InChI=1S/C12H15ClO2/c13-11-6-5-10(7-12(11)14)15-8-9-3-1-2-4-9/h5-7,9,14H,1-4,8H2. The summed E-state index contributed by atoms with van der Waals surface area (Å²) in [4.78, 5) is 0. The first kappa shape index (κ1) is 10.6. The van der Waals surface area contributed by atoms with Gasteiger partial charge < -0.3 is 9.84 Å². The molecule has 0 aliphatic heterocycles. The quantitative estimate of drug-likeness (QED) is 0.853. The summed E-state index contributed by atoms with van der Waals surface area (Å²) in [5.41, 5.74) is 0. The summed E-state index contributed by atoms with van der Waals surface area (Å²) in [7, 11) is 0. The van der Waals surface area contributed by atoms with Gasteiger partial charge in [0.25, 0.3) is 0 Å². The molecule has 0 aromatic heterocycles. The highest BCUT2D eigenvalue weighted by Crippen LogP contribution is 2.29. The molecule has 1 aliphatic carbocycles. The zero-order valence-corrected chi connectivity index (χ0v) is 9.33. The van der Waals surface area contributed by atoms with Crippen molar-refractivity contribution >= 4 is 11.6 Å². The summed E-state index contributed by atoms with van der Waals surface area (Å²) in [5.74, 6) is 1.47. The lowest BCUT2D eigenvalue weighted by atomic mass is 10.1. The van der Waals surface area contributed by atoms with Crippen molar-refractivity contribution in [3.63, 3.8) is 0 Å². The summed E-state index contributed by atoms with van der Waals surface area (Å²) in [6.07, 6.45) is 5.17. The molecule has 0 radical (unpaired) electrons. The second kappa shape index (κ2) is 4.75. The Hall–Kier alpha value is -0.890. The first-order chi connectivity index (χ1) is 7.25. The molecular weight excluding hydrogens is 212 g/mol. The SMILES string of the molecule is Oc1cc(OCC2CCCC2)ccc1Cl. The second-order valence-corrected chi connectivity index (χ2v) is 4.48. The molecule has 0 atom stereocenters. The molecule has 1 saturated carbocycles. The number of benzene rings is 1. The third-order valence-electron chi connectivity index (χ3n) is 2.88. The Bertz CT molecular complexity index is 332. The smallest absolute Gasteiger partial charge is 0.137 e. The van der Waals surface area contributed by atoms with E-state index in [1.165, 1.54) is 25.7 Å². The van der Waals surface area contributed by atoms with Gasteiger partial charge in [0, 0.05) is 6.07 Å². The molecule has 0 bridgehead atoms. The molecule has 0 spiro atoms. The topological polar surface area (TPSA) is 29.5 Å². The zero-order chi connectivity index (χ0) is 10.7. The van der Waals surface area contributed by atoms with E-state index in [4.69, 9.17) is 16.3 Å². The van der Waals surface area contributed by atoms with Gasteiger partial charge in [0.05, 0.1) is 11.6 Å². The van der Waals surface area contributed by atoms with Crippen molar-refractivity contribution in [2.24, 2.45) is 5.92 Å². The molecule has 1 aromatic rings. The van der Waals surface area contributed by atoms with Crippen LogP contribution in [-0.4, -0.2) is 11.7 Å². The van der Waals surface area contributed by atoms with Gasteiger partial charge in [0.1, 0.15) is 11.5 Å². The number of aromatic hydroxyl groups is 1. The fourth-order valence-electron chi connectivity index (χ4n) is 1.97. The van der Waals surface area contributed by atoms with Crippen LogP contribution in [0.5, 0.6) is 11.5 Å². The van der Waals surface area contributed by atoms with Crippen LogP contribution >= 0.6 is 11.6 Å². The Morgan fingerprint density at radius 2 is 2.07 bits per heavy atom. The Morgan fingerprint density at radius 3 is 2.73 bits per heavy atom. The number of rotatable bonds is 3. The van der Waals surface area contributed by atoms with Crippen LogP contribution in [-0.2, 0) is 0 Å². The van der Waals surface area contributed by atoms with E-state index in [2.05, 4.69) is 0 Å². The predicted molar refractivity (Wildman–Crippen MR) is 60.6 cm³/mol. The van der Waals surface area contributed by atoms with E-state index >= 15 is 0 Å². The van der Waals surface area contributed by atoms with Gasteiger partial charge in [-0.05, 0) is 30.9 Å². The van der Waals surface area contributed by atoms with E-state index in [0.717, 1.165) is 6.61 Å². The molecule has 1 aromatic carbocycles. The summed E-state index contributed by atoms with van der Waals surface area (Å²) in [6, 6.07) is 5.01. The molecule has 1 fully saturated rings.